The van der Waals surface area contributed by atoms with Crippen LogP contribution in [-0.2, 0) is 4.79 Å². The van der Waals surface area contributed by atoms with Crippen molar-refractivity contribution < 1.29 is 14.7 Å². The Balaban J connectivity index is 3.81. The van der Waals surface area contributed by atoms with Gasteiger partial charge < -0.3 is 5.11 Å². The third-order valence-electron chi connectivity index (χ3n) is 1.51. The molecule has 0 aliphatic heterocycles. The summed E-state index contributed by atoms with van der Waals surface area (Å²) in [4.78, 5) is 21.1. The van der Waals surface area contributed by atoms with Crippen molar-refractivity contribution >= 4 is 12.0 Å². The van der Waals surface area contributed by atoms with Crippen LogP contribution in [0, 0.1) is 0 Å². The number of carbonyl (C=O) groups is 2. The average Bonchev–Trinajstić information content (AvgIpc) is 2.02. The van der Waals surface area contributed by atoms with Crippen LogP contribution in [0.1, 0.15) is 33.1 Å². The minimum absolute atomic E-state index is 0.350. The molecular weight excluding hydrogens is 172 g/mol. The number of hydrogen-bond acceptors (Lipinski definition) is 2. The zero-order valence-electron chi connectivity index (χ0n) is 8.04. The van der Waals surface area contributed by atoms with Gasteiger partial charge in [0.15, 0.2) is 0 Å². The molecule has 0 saturated carbocycles. The van der Waals surface area contributed by atoms with Crippen molar-refractivity contribution in [1.29, 1.82) is 0 Å². The standard InChI is InChI=1S/C8H16N2O3/c1-3-4-5-6-10(8(12)13)9-7(2)11/h3-6H2,1-2H3,(H,9,11)(H,12,13). The van der Waals surface area contributed by atoms with E-state index < -0.39 is 6.09 Å². The van der Waals surface area contributed by atoms with Crippen molar-refractivity contribution in [2.24, 2.45) is 0 Å². The number of nitrogens with one attached hydrogen (secondary N) is 1. The number of nitrogens with zero attached hydrogens (tertiary/aromatic N) is 1. The minimum atomic E-state index is -1.12. The lowest BCUT2D eigenvalue weighted by atomic mass is 10.2. The predicted molar refractivity (Wildman–Crippen MR) is 48.1 cm³/mol. The molecule has 0 spiro atoms. The summed E-state index contributed by atoms with van der Waals surface area (Å²) in [6.45, 7) is 3.67. The summed E-state index contributed by atoms with van der Waals surface area (Å²) in [6.07, 6.45) is 1.63. The van der Waals surface area contributed by atoms with Gasteiger partial charge in [0.2, 0.25) is 5.91 Å². The summed E-state index contributed by atoms with van der Waals surface area (Å²) < 4.78 is 0. The van der Waals surface area contributed by atoms with E-state index in [0.717, 1.165) is 24.3 Å². The minimum Gasteiger partial charge on any atom is -0.464 e. The molecule has 13 heavy (non-hydrogen) atoms. The Kier molecular flexibility index (Phi) is 5.67. The Morgan fingerprint density at radius 1 is 1.38 bits per heavy atom. The van der Waals surface area contributed by atoms with E-state index in [1.165, 1.54) is 6.92 Å². The first-order chi connectivity index (χ1) is 6.07. The highest BCUT2D eigenvalue weighted by molar-refractivity contribution is 5.76. The van der Waals surface area contributed by atoms with Crippen LogP contribution in [0.5, 0.6) is 0 Å². The number of rotatable bonds is 4. The number of carboxylic acid groups (broad SMARTS) is 1. The molecule has 0 aromatic heterocycles. The van der Waals surface area contributed by atoms with Gasteiger partial charge in [0.1, 0.15) is 0 Å². The second kappa shape index (κ2) is 6.28. The van der Waals surface area contributed by atoms with Crippen molar-refractivity contribution in [1.82, 2.24) is 10.4 Å². The van der Waals surface area contributed by atoms with E-state index in [4.69, 9.17) is 5.11 Å². The quantitative estimate of drug-likeness (QED) is 0.514. The molecule has 0 heterocycles. The molecule has 0 aliphatic carbocycles. The fourth-order valence-corrected chi connectivity index (χ4v) is 0.909. The van der Waals surface area contributed by atoms with Crippen LogP contribution in [0.25, 0.3) is 0 Å². The molecule has 2 amide bonds. The van der Waals surface area contributed by atoms with Crippen molar-refractivity contribution in [2.75, 3.05) is 6.54 Å². The summed E-state index contributed by atoms with van der Waals surface area (Å²) in [5.74, 6) is -0.362. The van der Waals surface area contributed by atoms with E-state index in [9.17, 15) is 9.59 Å². The van der Waals surface area contributed by atoms with E-state index in [1.807, 2.05) is 6.92 Å². The molecule has 0 aromatic rings. The van der Waals surface area contributed by atoms with Crippen molar-refractivity contribution in [3.05, 3.63) is 0 Å². The van der Waals surface area contributed by atoms with E-state index in [-0.39, 0.29) is 5.91 Å². The molecule has 0 fully saturated rings. The second-order valence-corrected chi connectivity index (χ2v) is 2.81. The largest absolute Gasteiger partial charge is 0.464 e. The van der Waals surface area contributed by atoms with Gasteiger partial charge in [-0.3, -0.25) is 10.2 Å². The summed E-state index contributed by atoms with van der Waals surface area (Å²) in [6, 6.07) is 0. The first-order valence-electron chi connectivity index (χ1n) is 4.35. The highest BCUT2D eigenvalue weighted by Crippen LogP contribution is 1.96. The van der Waals surface area contributed by atoms with Crippen LogP contribution in [0.4, 0.5) is 4.79 Å². The van der Waals surface area contributed by atoms with E-state index in [2.05, 4.69) is 5.43 Å². The van der Waals surface area contributed by atoms with Crippen LogP contribution in [0.3, 0.4) is 0 Å². The molecule has 0 radical (unpaired) electrons. The lowest BCUT2D eigenvalue weighted by Gasteiger charge is -2.18. The summed E-state index contributed by atoms with van der Waals surface area (Å²) in [7, 11) is 0. The zero-order chi connectivity index (χ0) is 10.3. The Bertz CT molecular complexity index is 182. The van der Waals surface area contributed by atoms with Gasteiger partial charge >= 0.3 is 6.09 Å². The lowest BCUT2D eigenvalue weighted by Crippen LogP contribution is -2.45. The Labute approximate surface area is 77.7 Å². The Hall–Kier alpha value is -1.26. The van der Waals surface area contributed by atoms with Crippen LogP contribution in [0.15, 0.2) is 0 Å². The summed E-state index contributed by atoms with van der Waals surface area (Å²) in [5.41, 5.74) is 2.23. The SMILES string of the molecule is CCCCCN(NC(C)=O)C(=O)O. The van der Waals surface area contributed by atoms with Gasteiger partial charge in [-0.05, 0) is 6.42 Å². The van der Waals surface area contributed by atoms with Gasteiger partial charge in [0.25, 0.3) is 0 Å². The number of hydrogen-bond donors (Lipinski definition) is 2. The van der Waals surface area contributed by atoms with Gasteiger partial charge in [-0.25, -0.2) is 9.80 Å². The number of hydrazine groups is 1. The van der Waals surface area contributed by atoms with Gasteiger partial charge in [0, 0.05) is 13.5 Å². The normalized spacial score (nSPS) is 9.38. The predicted octanol–water partition coefficient (Wildman–Crippen LogP) is 1.21. The number of carbonyl (C=O) groups excluding carboxylic acids is 1. The van der Waals surface area contributed by atoms with Crippen molar-refractivity contribution in [2.45, 2.75) is 33.1 Å². The smallest absolute Gasteiger partial charge is 0.426 e. The molecule has 0 atom stereocenters. The maximum Gasteiger partial charge on any atom is 0.426 e. The fraction of sp³-hybridized carbons (Fsp3) is 0.750. The Morgan fingerprint density at radius 2 is 2.00 bits per heavy atom. The topological polar surface area (TPSA) is 69.6 Å². The van der Waals surface area contributed by atoms with Gasteiger partial charge in [-0.2, -0.15) is 0 Å². The molecule has 5 nitrogen and oxygen atoms in total. The van der Waals surface area contributed by atoms with Gasteiger partial charge in [-0.15, -0.1) is 0 Å². The van der Waals surface area contributed by atoms with Gasteiger partial charge in [-0.1, -0.05) is 19.8 Å². The highest BCUT2D eigenvalue weighted by atomic mass is 16.4. The van der Waals surface area contributed by atoms with E-state index in [1.54, 1.807) is 0 Å². The first-order valence-corrected chi connectivity index (χ1v) is 4.35. The Morgan fingerprint density at radius 3 is 2.38 bits per heavy atom. The molecular formula is C8H16N2O3. The summed E-state index contributed by atoms with van der Waals surface area (Å²) >= 11 is 0. The maximum absolute atomic E-state index is 10.6. The van der Waals surface area contributed by atoms with Crippen LogP contribution < -0.4 is 5.43 Å². The second-order valence-electron chi connectivity index (χ2n) is 2.81. The zero-order valence-corrected chi connectivity index (χ0v) is 8.04. The van der Waals surface area contributed by atoms with E-state index in [0.29, 0.717) is 6.54 Å². The fourth-order valence-electron chi connectivity index (χ4n) is 0.909. The van der Waals surface area contributed by atoms with Crippen LogP contribution >= 0.6 is 0 Å². The third-order valence-corrected chi connectivity index (χ3v) is 1.51. The third kappa shape index (κ3) is 5.95. The first kappa shape index (κ1) is 11.7. The molecule has 0 saturated heterocycles. The molecule has 0 bridgehead atoms. The molecule has 76 valence electrons. The number of unbranched alkanes of at least 4 members (excludes halogenated alkanes) is 2. The molecule has 0 unspecified atom stereocenters. The lowest BCUT2D eigenvalue weighted by molar-refractivity contribution is -0.123. The number of amides is 2. The molecule has 0 aliphatic rings. The summed E-state index contributed by atoms with van der Waals surface area (Å²) in [5, 5.41) is 9.55. The van der Waals surface area contributed by atoms with Crippen LogP contribution in [0.2, 0.25) is 0 Å². The average molecular weight is 188 g/mol. The molecule has 0 rings (SSSR count). The molecule has 5 heteroatoms. The van der Waals surface area contributed by atoms with Gasteiger partial charge in [0.05, 0.1) is 0 Å². The molecule has 2 N–H and O–H groups in total. The van der Waals surface area contributed by atoms with E-state index >= 15 is 0 Å². The van der Waals surface area contributed by atoms with Crippen LogP contribution in [-0.4, -0.2) is 28.7 Å². The van der Waals surface area contributed by atoms with Crippen molar-refractivity contribution in [3.8, 4) is 0 Å². The monoisotopic (exact) mass is 188 g/mol. The molecule has 0 aromatic carbocycles. The highest BCUT2D eigenvalue weighted by Gasteiger charge is 2.11. The maximum atomic E-state index is 10.6. The van der Waals surface area contributed by atoms with Crippen molar-refractivity contribution in [3.63, 3.8) is 0 Å².